The smallest absolute Gasteiger partial charge is 0.245 e. The van der Waals surface area contributed by atoms with E-state index in [1.165, 1.54) is 4.90 Å². The van der Waals surface area contributed by atoms with Gasteiger partial charge in [0.25, 0.3) is 0 Å². The van der Waals surface area contributed by atoms with Crippen molar-refractivity contribution in [3.63, 3.8) is 0 Å². The highest BCUT2D eigenvalue weighted by Gasteiger charge is 2.76. The molecule has 3 N–H and O–H groups in total. The van der Waals surface area contributed by atoms with Gasteiger partial charge in [-0.15, -0.1) is 0 Å². The fourth-order valence-electron chi connectivity index (χ4n) is 5.80. The minimum absolute atomic E-state index is 0.0855. The van der Waals surface area contributed by atoms with E-state index >= 15 is 0 Å². The Morgan fingerprint density at radius 3 is 2.65 bits per heavy atom. The molecule has 3 amide bonds. The van der Waals surface area contributed by atoms with E-state index in [1.807, 2.05) is 30.3 Å². The number of hydrogen-bond acceptors (Lipinski definition) is 5. The highest BCUT2D eigenvalue weighted by molar-refractivity contribution is 9.09. The van der Waals surface area contributed by atoms with Gasteiger partial charge in [0.2, 0.25) is 17.7 Å². The Balaban J connectivity index is 1.57. The van der Waals surface area contributed by atoms with Gasteiger partial charge in [-0.3, -0.25) is 14.4 Å². The summed E-state index contributed by atoms with van der Waals surface area (Å²) < 4.78 is 6.43. The van der Waals surface area contributed by atoms with Crippen LogP contribution in [0.1, 0.15) is 44.6 Å². The van der Waals surface area contributed by atoms with Gasteiger partial charge in [-0.25, -0.2) is 0 Å². The summed E-state index contributed by atoms with van der Waals surface area (Å²) in [6, 6.07) is 8.80. The number of fused-ring (bicyclic) bond motifs is 1. The highest BCUT2D eigenvalue weighted by atomic mass is 79.9. The molecule has 3 aliphatic heterocycles. The second-order valence-corrected chi connectivity index (χ2v) is 10.7. The molecule has 4 rings (SSSR count). The number of hydrogen-bond donors (Lipinski definition) is 3. The van der Waals surface area contributed by atoms with Crippen molar-refractivity contribution in [2.75, 3.05) is 19.7 Å². The molecule has 1 spiro atoms. The van der Waals surface area contributed by atoms with Crippen molar-refractivity contribution in [1.82, 2.24) is 15.5 Å². The molecule has 0 saturated carbocycles. The Hall–Kier alpha value is -1.97. The largest absolute Gasteiger partial charge is 0.396 e. The summed E-state index contributed by atoms with van der Waals surface area (Å²) in [7, 11) is 0. The van der Waals surface area contributed by atoms with Crippen LogP contribution in [0.2, 0.25) is 0 Å². The zero-order chi connectivity index (χ0) is 24.3. The molecule has 3 unspecified atom stereocenters. The molecular formula is C25H34BrN3O5. The van der Waals surface area contributed by atoms with Crippen LogP contribution in [-0.4, -0.2) is 70.0 Å². The normalized spacial score (nSPS) is 31.6. The molecule has 1 aromatic rings. The number of aliphatic hydroxyl groups excluding tert-OH is 1. The lowest BCUT2D eigenvalue weighted by Crippen LogP contribution is -2.56. The first-order valence-electron chi connectivity index (χ1n) is 12.3. The Kier molecular flexibility index (Phi) is 7.94. The van der Waals surface area contributed by atoms with Crippen molar-refractivity contribution in [2.24, 2.45) is 11.8 Å². The number of carbonyl (C=O) groups excluding carboxylic acids is 3. The average molecular weight is 536 g/mol. The van der Waals surface area contributed by atoms with Gasteiger partial charge in [0.15, 0.2) is 0 Å². The van der Waals surface area contributed by atoms with Gasteiger partial charge in [-0.1, -0.05) is 66.0 Å². The summed E-state index contributed by atoms with van der Waals surface area (Å²) in [5.41, 5.74) is -0.0775. The summed E-state index contributed by atoms with van der Waals surface area (Å²) in [6.07, 6.45) is 3.30. The van der Waals surface area contributed by atoms with Crippen LogP contribution in [0.4, 0.5) is 0 Å². The predicted octanol–water partition coefficient (Wildman–Crippen LogP) is 1.74. The lowest BCUT2D eigenvalue weighted by Gasteiger charge is -2.34. The van der Waals surface area contributed by atoms with Crippen LogP contribution in [0.5, 0.6) is 0 Å². The van der Waals surface area contributed by atoms with Crippen LogP contribution in [-0.2, 0) is 25.7 Å². The second kappa shape index (κ2) is 10.7. The number of nitrogens with one attached hydrogen (secondary N) is 2. The molecule has 6 atom stereocenters. The minimum atomic E-state index is -1.05. The van der Waals surface area contributed by atoms with Gasteiger partial charge in [-0.05, 0) is 24.8 Å². The second-order valence-electron chi connectivity index (χ2n) is 9.47. The number of rotatable bonds is 11. The quantitative estimate of drug-likeness (QED) is 0.295. The number of alkyl halides is 1. The first-order valence-corrected chi connectivity index (χ1v) is 13.2. The molecule has 3 aliphatic rings. The van der Waals surface area contributed by atoms with E-state index in [9.17, 15) is 19.5 Å². The summed E-state index contributed by atoms with van der Waals surface area (Å²) in [5.74, 6) is -2.10. The fourth-order valence-corrected chi connectivity index (χ4v) is 6.74. The van der Waals surface area contributed by atoms with Crippen molar-refractivity contribution in [3.05, 3.63) is 35.9 Å². The van der Waals surface area contributed by atoms with Gasteiger partial charge in [-0.2, -0.15) is 0 Å². The molecule has 3 heterocycles. The summed E-state index contributed by atoms with van der Waals surface area (Å²) >= 11 is 3.67. The summed E-state index contributed by atoms with van der Waals surface area (Å²) in [6.45, 7) is 3.16. The van der Waals surface area contributed by atoms with Gasteiger partial charge in [0.1, 0.15) is 11.6 Å². The van der Waals surface area contributed by atoms with Crippen LogP contribution in [0.3, 0.4) is 0 Å². The number of benzene rings is 1. The molecule has 0 aliphatic carbocycles. The first-order chi connectivity index (χ1) is 16.4. The highest BCUT2D eigenvalue weighted by Crippen LogP contribution is 2.59. The SMILES string of the molecule is CCCCCNC(=O)C1N(CCCO)C(=O)[C@@H]2[C@@H](C(=O)NCc3ccccc3)[C@@H]3OC12CC3Br. The van der Waals surface area contributed by atoms with E-state index in [4.69, 9.17) is 4.74 Å². The van der Waals surface area contributed by atoms with Gasteiger partial charge >= 0.3 is 0 Å². The first kappa shape index (κ1) is 25.1. The van der Waals surface area contributed by atoms with E-state index in [0.29, 0.717) is 25.9 Å². The van der Waals surface area contributed by atoms with Crippen molar-refractivity contribution in [3.8, 4) is 0 Å². The number of nitrogens with zero attached hydrogens (tertiary/aromatic N) is 1. The molecule has 9 heteroatoms. The monoisotopic (exact) mass is 535 g/mol. The third-order valence-electron chi connectivity index (χ3n) is 7.29. The third-order valence-corrected chi connectivity index (χ3v) is 8.13. The molecule has 3 saturated heterocycles. The molecule has 186 valence electrons. The van der Waals surface area contributed by atoms with E-state index in [0.717, 1.165) is 24.8 Å². The Morgan fingerprint density at radius 2 is 1.94 bits per heavy atom. The van der Waals surface area contributed by atoms with Crippen molar-refractivity contribution in [1.29, 1.82) is 0 Å². The standard InChI is InChI=1S/C25H34BrN3O5/c1-2-3-7-11-27-23(32)21-25-14-17(26)20(34-25)18(19(25)24(33)29(21)12-8-13-30)22(31)28-15-16-9-5-4-6-10-16/h4-6,9-10,17-21,30H,2-3,7-8,11-15H2,1H3,(H,27,32)(H,28,31)/t17?,18-,19+,20-,21?,25?/m1/s1. The number of ether oxygens (including phenoxy) is 1. The maximum atomic E-state index is 13.7. The molecular weight excluding hydrogens is 502 g/mol. The Labute approximate surface area is 208 Å². The third kappa shape index (κ3) is 4.50. The molecule has 3 fully saturated rings. The van der Waals surface area contributed by atoms with E-state index < -0.39 is 29.6 Å². The number of unbranched alkanes of at least 4 members (excludes halogenated alkanes) is 2. The van der Waals surface area contributed by atoms with Gasteiger partial charge < -0.3 is 25.4 Å². The lowest BCUT2D eigenvalue weighted by atomic mass is 9.70. The average Bonchev–Trinajstić information content (AvgIpc) is 3.43. The zero-order valence-corrected chi connectivity index (χ0v) is 21.1. The summed E-state index contributed by atoms with van der Waals surface area (Å²) in [5, 5.41) is 15.4. The number of carbonyl (C=O) groups is 3. The Bertz CT molecular complexity index is 900. The van der Waals surface area contributed by atoms with E-state index in [2.05, 4.69) is 33.5 Å². The van der Waals surface area contributed by atoms with Crippen molar-refractivity contribution < 1.29 is 24.2 Å². The van der Waals surface area contributed by atoms with Crippen LogP contribution in [0.15, 0.2) is 30.3 Å². The van der Waals surface area contributed by atoms with E-state index in [1.54, 1.807) is 0 Å². The zero-order valence-electron chi connectivity index (χ0n) is 19.5. The topological polar surface area (TPSA) is 108 Å². The maximum Gasteiger partial charge on any atom is 0.245 e. The molecule has 2 bridgehead atoms. The fraction of sp³-hybridized carbons (Fsp3) is 0.640. The van der Waals surface area contributed by atoms with Crippen molar-refractivity contribution in [2.45, 2.75) is 68.1 Å². The molecule has 1 aromatic carbocycles. The molecule has 34 heavy (non-hydrogen) atoms. The number of halogens is 1. The van der Waals surface area contributed by atoms with Gasteiger partial charge in [0.05, 0.1) is 17.9 Å². The molecule has 0 radical (unpaired) electrons. The molecule has 8 nitrogen and oxygen atoms in total. The molecule has 0 aromatic heterocycles. The summed E-state index contributed by atoms with van der Waals surface area (Å²) in [4.78, 5) is 41.8. The van der Waals surface area contributed by atoms with E-state index in [-0.39, 0.29) is 35.7 Å². The van der Waals surface area contributed by atoms with Crippen LogP contribution < -0.4 is 10.6 Å². The van der Waals surface area contributed by atoms with Crippen LogP contribution in [0.25, 0.3) is 0 Å². The predicted molar refractivity (Wildman–Crippen MR) is 130 cm³/mol. The Morgan fingerprint density at radius 1 is 1.18 bits per heavy atom. The van der Waals surface area contributed by atoms with Crippen molar-refractivity contribution >= 4 is 33.7 Å². The van der Waals surface area contributed by atoms with Crippen LogP contribution >= 0.6 is 15.9 Å². The lowest BCUT2D eigenvalue weighted by molar-refractivity contribution is -0.142. The maximum absolute atomic E-state index is 13.7. The number of aliphatic hydroxyl groups is 1. The number of amides is 3. The van der Waals surface area contributed by atoms with Gasteiger partial charge in [0, 0.05) is 31.1 Å². The minimum Gasteiger partial charge on any atom is -0.396 e. The number of likely N-dealkylation sites (tertiary alicyclic amines) is 1. The van der Waals surface area contributed by atoms with Crippen LogP contribution in [0, 0.1) is 11.8 Å².